The molecule has 21 heavy (non-hydrogen) atoms. The number of hydrogen-bond acceptors (Lipinski definition) is 4. The quantitative estimate of drug-likeness (QED) is 0.841. The molecule has 1 aromatic carbocycles. The minimum atomic E-state index is -3.11. The van der Waals surface area contributed by atoms with E-state index in [0.717, 1.165) is 12.2 Å². The van der Waals surface area contributed by atoms with Crippen molar-refractivity contribution in [2.75, 3.05) is 30.7 Å². The minimum absolute atomic E-state index is 0.213. The molecule has 0 bridgehead atoms. The van der Waals surface area contributed by atoms with Crippen LogP contribution in [-0.2, 0) is 9.84 Å². The largest absolute Gasteiger partial charge is 0.381 e. The number of likely N-dealkylation sites (tertiary alicyclic amines) is 1. The topological polar surface area (TPSA) is 49.4 Å². The highest BCUT2D eigenvalue weighted by atomic mass is 32.2. The first kappa shape index (κ1) is 16.3. The van der Waals surface area contributed by atoms with E-state index in [9.17, 15) is 8.42 Å². The monoisotopic (exact) mass is 310 g/mol. The zero-order valence-electron chi connectivity index (χ0n) is 13.0. The maximum atomic E-state index is 12.0. The number of anilines is 1. The van der Waals surface area contributed by atoms with Gasteiger partial charge in [0.05, 0.1) is 10.6 Å². The molecule has 1 aromatic rings. The van der Waals surface area contributed by atoms with Gasteiger partial charge in [-0.15, -0.1) is 0 Å². The average molecular weight is 310 g/mol. The summed E-state index contributed by atoms with van der Waals surface area (Å²) < 4.78 is 23.9. The van der Waals surface area contributed by atoms with Gasteiger partial charge in [-0.05, 0) is 63.5 Å². The van der Waals surface area contributed by atoms with E-state index in [4.69, 9.17) is 0 Å². The second kappa shape index (κ2) is 7.27. The van der Waals surface area contributed by atoms with Crippen molar-refractivity contribution < 1.29 is 8.42 Å². The molecule has 0 aliphatic carbocycles. The number of nitrogens with zero attached hydrogens (tertiary/aromatic N) is 1. The maximum absolute atomic E-state index is 12.0. The van der Waals surface area contributed by atoms with Crippen LogP contribution in [0.25, 0.3) is 0 Å². The van der Waals surface area contributed by atoms with E-state index in [1.807, 2.05) is 19.1 Å². The van der Waals surface area contributed by atoms with Crippen molar-refractivity contribution in [2.45, 2.75) is 44.0 Å². The predicted molar refractivity (Wildman–Crippen MR) is 87.5 cm³/mol. The van der Waals surface area contributed by atoms with Crippen LogP contribution in [0.4, 0.5) is 5.69 Å². The van der Waals surface area contributed by atoms with Crippen molar-refractivity contribution >= 4 is 15.5 Å². The van der Waals surface area contributed by atoms with Crippen LogP contribution in [0.2, 0.25) is 0 Å². The Kier molecular flexibility index (Phi) is 5.65. The van der Waals surface area contributed by atoms with Gasteiger partial charge in [-0.25, -0.2) is 8.42 Å². The van der Waals surface area contributed by atoms with Crippen LogP contribution in [-0.4, -0.2) is 44.7 Å². The zero-order chi connectivity index (χ0) is 15.3. The molecule has 0 aromatic heterocycles. The summed E-state index contributed by atoms with van der Waals surface area (Å²) in [5, 5.41) is 3.44. The van der Waals surface area contributed by atoms with Crippen LogP contribution in [0.5, 0.6) is 0 Å². The van der Waals surface area contributed by atoms with Gasteiger partial charge in [0.25, 0.3) is 0 Å². The van der Waals surface area contributed by atoms with Gasteiger partial charge in [-0.1, -0.05) is 6.92 Å². The Morgan fingerprint density at radius 2 is 1.81 bits per heavy atom. The van der Waals surface area contributed by atoms with Crippen LogP contribution in [0.1, 0.15) is 33.1 Å². The van der Waals surface area contributed by atoms with Gasteiger partial charge in [0.1, 0.15) is 0 Å². The summed E-state index contributed by atoms with van der Waals surface area (Å²) in [4.78, 5) is 2.89. The van der Waals surface area contributed by atoms with E-state index in [1.165, 1.54) is 25.9 Å². The summed E-state index contributed by atoms with van der Waals surface area (Å²) in [5.41, 5.74) is 0.983. The van der Waals surface area contributed by atoms with Crippen molar-refractivity contribution in [3.63, 3.8) is 0 Å². The summed E-state index contributed by atoms with van der Waals surface area (Å²) in [6.45, 7) is 7.48. The summed E-state index contributed by atoms with van der Waals surface area (Å²) in [7, 11) is -3.11. The molecule has 0 spiro atoms. The molecule has 1 unspecified atom stereocenters. The third-order valence-electron chi connectivity index (χ3n) is 3.83. The van der Waals surface area contributed by atoms with Crippen molar-refractivity contribution in [3.8, 4) is 0 Å². The molecule has 5 heteroatoms. The second-order valence-electron chi connectivity index (χ2n) is 5.90. The van der Waals surface area contributed by atoms with Gasteiger partial charge >= 0.3 is 0 Å². The molecule has 1 N–H and O–H groups in total. The normalized spacial score (nSPS) is 17.8. The highest BCUT2D eigenvalue weighted by molar-refractivity contribution is 7.91. The molecular formula is C16H26N2O2S. The lowest BCUT2D eigenvalue weighted by atomic mass is 10.2. The van der Waals surface area contributed by atoms with Crippen molar-refractivity contribution in [1.82, 2.24) is 4.90 Å². The van der Waals surface area contributed by atoms with Crippen LogP contribution < -0.4 is 5.32 Å². The molecule has 1 fully saturated rings. The summed E-state index contributed by atoms with van der Waals surface area (Å²) in [5.74, 6) is 0.213. The predicted octanol–water partition coefficient (Wildman–Crippen LogP) is 2.77. The Hall–Kier alpha value is -1.07. The van der Waals surface area contributed by atoms with Crippen LogP contribution >= 0.6 is 0 Å². The number of sulfone groups is 1. The molecule has 4 nitrogen and oxygen atoms in total. The number of benzene rings is 1. The highest BCUT2D eigenvalue weighted by Crippen LogP contribution is 2.17. The van der Waals surface area contributed by atoms with E-state index in [0.29, 0.717) is 17.4 Å². The number of nitrogens with one attached hydrogen (secondary N) is 1. The smallest absolute Gasteiger partial charge is 0.178 e. The highest BCUT2D eigenvalue weighted by Gasteiger charge is 2.15. The first-order valence-corrected chi connectivity index (χ1v) is 9.48. The molecule has 0 amide bonds. The molecule has 1 aliphatic heterocycles. The summed E-state index contributed by atoms with van der Waals surface area (Å²) in [6.07, 6.45) is 3.25. The van der Waals surface area contributed by atoms with Crippen LogP contribution in [0.15, 0.2) is 29.2 Å². The summed E-state index contributed by atoms with van der Waals surface area (Å²) in [6, 6.07) is 7.50. The van der Waals surface area contributed by atoms with E-state index in [2.05, 4.69) is 17.1 Å². The van der Waals surface area contributed by atoms with Gasteiger partial charge in [-0.3, -0.25) is 0 Å². The van der Waals surface area contributed by atoms with E-state index in [-0.39, 0.29) is 5.75 Å². The van der Waals surface area contributed by atoms with Crippen molar-refractivity contribution in [1.29, 1.82) is 0 Å². The fourth-order valence-electron chi connectivity index (χ4n) is 2.83. The number of rotatable bonds is 7. The second-order valence-corrected chi connectivity index (χ2v) is 8.01. The molecule has 0 saturated carbocycles. The Bertz CT molecular complexity index is 534. The Morgan fingerprint density at radius 1 is 1.19 bits per heavy atom. The van der Waals surface area contributed by atoms with Crippen molar-refractivity contribution in [3.05, 3.63) is 24.3 Å². The van der Waals surface area contributed by atoms with Gasteiger partial charge in [0, 0.05) is 18.3 Å². The molecule has 1 saturated heterocycles. The Balaban J connectivity index is 1.92. The summed E-state index contributed by atoms with van der Waals surface area (Å²) >= 11 is 0. The third-order valence-corrected chi connectivity index (χ3v) is 5.77. The minimum Gasteiger partial charge on any atom is -0.381 e. The Morgan fingerprint density at radius 3 is 2.38 bits per heavy atom. The number of hydrogen-bond donors (Lipinski definition) is 1. The first-order chi connectivity index (χ1) is 10.0. The molecule has 1 atom stereocenters. The van der Waals surface area contributed by atoms with Gasteiger partial charge in [0.2, 0.25) is 0 Å². The van der Waals surface area contributed by atoms with Gasteiger partial charge in [-0.2, -0.15) is 0 Å². The van der Waals surface area contributed by atoms with Crippen LogP contribution in [0.3, 0.4) is 0 Å². The van der Waals surface area contributed by atoms with Crippen LogP contribution in [0, 0.1) is 0 Å². The SMILES string of the molecule is CCCS(=O)(=O)c1ccc(NC(C)CN2CCCC2)cc1. The molecule has 1 aliphatic rings. The lowest BCUT2D eigenvalue weighted by Crippen LogP contribution is -2.32. The zero-order valence-corrected chi connectivity index (χ0v) is 13.8. The lowest BCUT2D eigenvalue weighted by Gasteiger charge is -2.22. The maximum Gasteiger partial charge on any atom is 0.178 e. The Labute approximate surface area is 128 Å². The van der Waals surface area contributed by atoms with Crippen molar-refractivity contribution in [2.24, 2.45) is 0 Å². The average Bonchev–Trinajstić information content (AvgIpc) is 2.92. The fraction of sp³-hybridized carbons (Fsp3) is 0.625. The standard InChI is InChI=1S/C16H26N2O2S/c1-3-12-21(19,20)16-8-6-15(7-9-16)17-14(2)13-18-10-4-5-11-18/h6-9,14,17H,3-5,10-13H2,1-2H3. The molecule has 2 rings (SSSR count). The van der Waals surface area contributed by atoms with E-state index >= 15 is 0 Å². The molecule has 0 radical (unpaired) electrons. The van der Waals surface area contributed by atoms with Gasteiger partial charge < -0.3 is 10.2 Å². The van der Waals surface area contributed by atoms with E-state index < -0.39 is 9.84 Å². The molecule has 1 heterocycles. The lowest BCUT2D eigenvalue weighted by molar-refractivity contribution is 0.328. The van der Waals surface area contributed by atoms with E-state index in [1.54, 1.807) is 12.1 Å². The third kappa shape index (κ3) is 4.71. The van der Waals surface area contributed by atoms with Gasteiger partial charge in [0.15, 0.2) is 9.84 Å². The molecule has 118 valence electrons. The fourth-order valence-corrected chi connectivity index (χ4v) is 4.15. The molecular weight excluding hydrogens is 284 g/mol. The first-order valence-electron chi connectivity index (χ1n) is 7.83.